The number of nitrogens with one attached hydrogen (secondary N) is 2. The molecule has 0 bridgehead atoms. The van der Waals surface area contributed by atoms with E-state index in [0.29, 0.717) is 12.1 Å². The molecule has 2 atom stereocenters. The average molecular weight is 332 g/mol. The second kappa shape index (κ2) is 10.3. The average Bonchev–Trinajstić information content (AvgIpc) is 3.12. The zero-order chi connectivity index (χ0) is 17.2. The summed E-state index contributed by atoms with van der Waals surface area (Å²) in [7, 11) is 4.00. The summed E-state index contributed by atoms with van der Waals surface area (Å²) in [5, 5.41) is 6.75. The first-order chi connectivity index (χ1) is 11.7. The van der Waals surface area contributed by atoms with Gasteiger partial charge in [0.25, 0.3) is 0 Å². The molecule has 1 heterocycles. The lowest BCUT2D eigenvalue weighted by Crippen LogP contribution is -2.42. The fourth-order valence-electron chi connectivity index (χ4n) is 2.88. The molecule has 0 aliphatic carbocycles. The van der Waals surface area contributed by atoms with Crippen LogP contribution < -0.4 is 10.6 Å². The predicted octanol–water partition coefficient (Wildman–Crippen LogP) is 2.24. The van der Waals surface area contributed by atoms with Crippen molar-refractivity contribution in [3.8, 4) is 0 Å². The lowest BCUT2D eigenvalue weighted by molar-refractivity contribution is 0.114. The molecular weight excluding hydrogens is 300 g/mol. The molecular formula is C19H32N4O. The standard InChI is InChI=1S/C19H32N4O/c1-16(23(3)15-17-8-5-4-6-9-17)11-12-21-19(20-2)22-14-18-10-7-13-24-18/h4-6,8-9,16,18H,7,10-15H2,1-3H3,(H2,20,21,22). The van der Waals surface area contributed by atoms with Crippen LogP contribution in [-0.2, 0) is 11.3 Å². The summed E-state index contributed by atoms with van der Waals surface area (Å²) < 4.78 is 5.63. The number of benzene rings is 1. The van der Waals surface area contributed by atoms with Gasteiger partial charge in [0, 0.05) is 39.3 Å². The highest BCUT2D eigenvalue weighted by molar-refractivity contribution is 5.79. The Hall–Kier alpha value is -1.59. The molecule has 0 aromatic heterocycles. The van der Waals surface area contributed by atoms with E-state index < -0.39 is 0 Å². The molecule has 1 fully saturated rings. The van der Waals surface area contributed by atoms with Gasteiger partial charge in [0.2, 0.25) is 0 Å². The molecule has 134 valence electrons. The second-order valence-corrected chi connectivity index (χ2v) is 6.55. The number of nitrogens with zero attached hydrogens (tertiary/aromatic N) is 2. The smallest absolute Gasteiger partial charge is 0.191 e. The van der Waals surface area contributed by atoms with Gasteiger partial charge in [-0.25, -0.2) is 0 Å². The molecule has 1 aromatic carbocycles. The molecule has 1 aliphatic rings. The van der Waals surface area contributed by atoms with Crippen LogP contribution in [0.2, 0.25) is 0 Å². The van der Waals surface area contributed by atoms with E-state index in [1.165, 1.54) is 12.0 Å². The van der Waals surface area contributed by atoms with Crippen molar-refractivity contribution in [1.82, 2.24) is 15.5 Å². The van der Waals surface area contributed by atoms with Gasteiger partial charge in [-0.15, -0.1) is 0 Å². The molecule has 0 spiro atoms. The third-order valence-electron chi connectivity index (χ3n) is 4.63. The van der Waals surface area contributed by atoms with Gasteiger partial charge < -0.3 is 15.4 Å². The predicted molar refractivity (Wildman–Crippen MR) is 100 cm³/mol. The van der Waals surface area contributed by atoms with Crippen LogP contribution >= 0.6 is 0 Å². The number of hydrogen-bond acceptors (Lipinski definition) is 3. The highest BCUT2D eigenvalue weighted by Gasteiger charge is 2.15. The number of aliphatic imine (C=N–C) groups is 1. The van der Waals surface area contributed by atoms with Crippen molar-refractivity contribution in [3.63, 3.8) is 0 Å². The van der Waals surface area contributed by atoms with Crippen molar-refractivity contribution in [2.45, 2.75) is 44.9 Å². The van der Waals surface area contributed by atoms with Gasteiger partial charge >= 0.3 is 0 Å². The fraction of sp³-hybridized carbons (Fsp3) is 0.632. The Kier molecular flexibility index (Phi) is 8.05. The van der Waals surface area contributed by atoms with Crippen LogP contribution in [-0.4, -0.2) is 56.8 Å². The Morgan fingerprint density at radius 3 is 2.79 bits per heavy atom. The highest BCUT2D eigenvalue weighted by Crippen LogP contribution is 2.10. The summed E-state index contributed by atoms with van der Waals surface area (Å²) in [6.45, 7) is 5.89. The lowest BCUT2D eigenvalue weighted by atomic mass is 10.1. The first-order valence-electron chi connectivity index (χ1n) is 8.99. The summed E-state index contributed by atoms with van der Waals surface area (Å²) in [4.78, 5) is 6.67. The highest BCUT2D eigenvalue weighted by atomic mass is 16.5. The van der Waals surface area contributed by atoms with E-state index in [1.54, 1.807) is 0 Å². The summed E-state index contributed by atoms with van der Waals surface area (Å²) in [6, 6.07) is 11.1. The molecule has 1 aromatic rings. The Labute approximate surface area is 146 Å². The van der Waals surface area contributed by atoms with Gasteiger partial charge in [0.1, 0.15) is 0 Å². The summed E-state index contributed by atoms with van der Waals surface area (Å²) in [6.07, 6.45) is 3.72. The number of hydrogen-bond donors (Lipinski definition) is 2. The fourth-order valence-corrected chi connectivity index (χ4v) is 2.88. The van der Waals surface area contributed by atoms with Gasteiger partial charge in [-0.3, -0.25) is 9.89 Å². The molecule has 0 radical (unpaired) electrons. The summed E-state index contributed by atoms with van der Waals surface area (Å²) in [5.41, 5.74) is 1.36. The molecule has 0 amide bonds. The van der Waals surface area contributed by atoms with Crippen LogP contribution in [0.4, 0.5) is 0 Å². The van der Waals surface area contributed by atoms with Gasteiger partial charge in [0.15, 0.2) is 5.96 Å². The Morgan fingerprint density at radius 1 is 1.33 bits per heavy atom. The van der Waals surface area contributed by atoms with Crippen molar-refractivity contribution in [1.29, 1.82) is 0 Å². The second-order valence-electron chi connectivity index (χ2n) is 6.55. The maximum atomic E-state index is 5.63. The first-order valence-corrected chi connectivity index (χ1v) is 8.99. The molecule has 0 saturated carbocycles. The van der Waals surface area contributed by atoms with Crippen LogP contribution in [0.25, 0.3) is 0 Å². The molecule has 5 heteroatoms. The monoisotopic (exact) mass is 332 g/mol. The van der Waals surface area contributed by atoms with Crippen LogP contribution in [0.15, 0.2) is 35.3 Å². The van der Waals surface area contributed by atoms with Gasteiger partial charge in [-0.1, -0.05) is 30.3 Å². The van der Waals surface area contributed by atoms with Crippen molar-refractivity contribution >= 4 is 5.96 Å². The normalized spacial score (nSPS) is 19.5. The SMILES string of the molecule is CN=C(NCCC(C)N(C)Cc1ccccc1)NCC1CCCO1. The number of rotatable bonds is 8. The minimum absolute atomic E-state index is 0.333. The minimum Gasteiger partial charge on any atom is -0.376 e. The van der Waals surface area contributed by atoms with E-state index in [0.717, 1.165) is 45.0 Å². The number of ether oxygens (including phenoxy) is 1. The van der Waals surface area contributed by atoms with Crippen LogP contribution in [0.3, 0.4) is 0 Å². The van der Waals surface area contributed by atoms with Crippen molar-refractivity contribution < 1.29 is 4.74 Å². The maximum Gasteiger partial charge on any atom is 0.191 e. The van der Waals surface area contributed by atoms with Crippen LogP contribution in [0.5, 0.6) is 0 Å². The Bertz CT molecular complexity index is 485. The summed E-state index contributed by atoms with van der Waals surface area (Å²) >= 11 is 0. The molecule has 5 nitrogen and oxygen atoms in total. The molecule has 2 unspecified atom stereocenters. The first kappa shape index (κ1) is 18.7. The topological polar surface area (TPSA) is 48.9 Å². The maximum absolute atomic E-state index is 5.63. The van der Waals surface area contributed by atoms with E-state index in [2.05, 4.69) is 64.8 Å². The van der Waals surface area contributed by atoms with Gasteiger partial charge in [-0.2, -0.15) is 0 Å². The van der Waals surface area contributed by atoms with Crippen molar-refractivity contribution in [3.05, 3.63) is 35.9 Å². The van der Waals surface area contributed by atoms with Gasteiger partial charge in [-0.05, 0) is 38.8 Å². The third kappa shape index (κ3) is 6.49. The van der Waals surface area contributed by atoms with E-state index >= 15 is 0 Å². The zero-order valence-corrected chi connectivity index (χ0v) is 15.3. The van der Waals surface area contributed by atoms with Gasteiger partial charge in [0.05, 0.1) is 6.10 Å². The van der Waals surface area contributed by atoms with Crippen molar-refractivity contribution in [2.24, 2.45) is 4.99 Å². The molecule has 2 rings (SSSR count). The zero-order valence-electron chi connectivity index (χ0n) is 15.3. The number of guanidine groups is 1. The van der Waals surface area contributed by atoms with Crippen LogP contribution in [0.1, 0.15) is 31.7 Å². The minimum atomic E-state index is 0.333. The largest absolute Gasteiger partial charge is 0.376 e. The molecule has 2 N–H and O–H groups in total. The van der Waals surface area contributed by atoms with Crippen molar-refractivity contribution in [2.75, 3.05) is 33.8 Å². The third-order valence-corrected chi connectivity index (χ3v) is 4.63. The Balaban J connectivity index is 1.63. The van der Waals surface area contributed by atoms with Crippen LogP contribution in [0, 0.1) is 0 Å². The van der Waals surface area contributed by atoms with E-state index in [9.17, 15) is 0 Å². The molecule has 1 saturated heterocycles. The van der Waals surface area contributed by atoms with E-state index in [-0.39, 0.29) is 0 Å². The summed E-state index contributed by atoms with van der Waals surface area (Å²) in [5.74, 6) is 0.864. The lowest BCUT2D eigenvalue weighted by Gasteiger charge is -2.25. The Morgan fingerprint density at radius 2 is 2.12 bits per heavy atom. The quantitative estimate of drug-likeness (QED) is 0.566. The molecule has 1 aliphatic heterocycles. The van der Waals surface area contributed by atoms with E-state index in [1.807, 2.05) is 7.05 Å². The molecule has 24 heavy (non-hydrogen) atoms. The van der Waals surface area contributed by atoms with E-state index in [4.69, 9.17) is 4.74 Å².